The summed E-state index contributed by atoms with van der Waals surface area (Å²) in [4.78, 5) is 17.9. The fourth-order valence-corrected chi connectivity index (χ4v) is 4.28. The van der Waals surface area contributed by atoms with E-state index in [1.54, 1.807) is 11.3 Å². The van der Waals surface area contributed by atoms with Crippen LogP contribution in [-0.4, -0.2) is 48.1 Å². The zero-order chi connectivity index (χ0) is 15.7. The number of carbonyl (C=O) groups excluding carboxylic acids is 1. The monoisotopic (exact) mass is 413 g/mol. The molecule has 3 heterocycles. The van der Waals surface area contributed by atoms with Gasteiger partial charge in [0.1, 0.15) is 0 Å². The summed E-state index contributed by atoms with van der Waals surface area (Å²) in [5.41, 5.74) is 0.885. The molecule has 1 amide bonds. The molecule has 0 spiro atoms. The van der Waals surface area contributed by atoms with Crippen molar-refractivity contribution < 1.29 is 18.0 Å². The molecule has 2 aliphatic heterocycles. The number of amides is 1. The fourth-order valence-electron chi connectivity index (χ4n) is 3.01. The van der Waals surface area contributed by atoms with Gasteiger partial charge in [-0.1, -0.05) is 0 Å². The lowest BCUT2D eigenvalue weighted by molar-refractivity contribution is -0.185. The molecule has 2 aliphatic rings. The molecule has 1 fully saturated rings. The van der Waals surface area contributed by atoms with Gasteiger partial charge >= 0.3 is 12.1 Å². The molecule has 0 unspecified atom stereocenters. The smallest absolute Gasteiger partial charge is 0.334 e. The highest BCUT2D eigenvalue weighted by Gasteiger charge is 2.42. The van der Waals surface area contributed by atoms with Gasteiger partial charge in [-0.2, -0.15) is 13.2 Å². The summed E-state index contributed by atoms with van der Waals surface area (Å²) in [6, 6.07) is 0. The molecule has 0 aliphatic carbocycles. The number of aromatic nitrogens is 1. The number of thiazole rings is 1. The van der Waals surface area contributed by atoms with Crippen LogP contribution in [0.25, 0.3) is 0 Å². The van der Waals surface area contributed by atoms with Crippen molar-refractivity contribution in [2.75, 3.05) is 26.2 Å². The lowest BCUT2D eigenvalue weighted by Gasteiger charge is -2.22. The van der Waals surface area contributed by atoms with E-state index in [0.29, 0.717) is 18.8 Å². The highest BCUT2D eigenvalue weighted by Crippen LogP contribution is 2.33. The molecule has 0 saturated carbocycles. The predicted octanol–water partition coefficient (Wildman–Crippen LogP) is 2.68. The summed E-state index contributed by atoms with van der Waals surface area (Å²) in [5.74, 6) is -1.27. The van der Waals surface area contributed by atoms with Crippen LogP contribution in [0.1, 0.15) is 34.3 Å². The molecule has 23 heavy (non-hydrogen) atoms. The van der Waals surface area contributed by atoms with Gasteiger partial charge < -0.3 is 10.2 Å². The van der Waals surface area contributed by atoms with Gasteiger partial charge in [0.2, 0.25) is 0 Å². The highest BCUT2D eigenvalue weighted by molar-refractivity contribution is 8.93. The van der Waals surface area contributed by atoms with E-state index >= 15 is 0 Å². The summed E-state index contributed by atoms with van der Waals surface area (Å²) in [6.45, 7) is 2.20. The Morgan fingerprint density at radius 3 is 2.52 bits per heavy atom. The molecule has 9 heteroatoms. The van der Waals surface area contributed by atoms with Gasteiger partial charge in [0.25, 0.3) is 0 Å². The number of nitrogens with zero attached hydrogens (tertiary/aromatic N) is 2. The highest BCUT2D eigenvalue weighted by atomic mass is 79.9. The van der Waals surface area contributed by atoms with E-state index in [4.69, 9.17) is 0 Å². The second-order valence-electron chi connectivity index (χ2n) is 5.74. The van der Waals surface area contributed by atoms with Crippen LogP contribution in [0.4, 0.5) is 13.2 Å². The molecular formula is C14H19BrF3N3OS. The van der Waals surface area contributed by atoms with Gasteiger partial charge in [0, 0.05) is 36.7 Å². The van der Waals surface area contributed by atoms with Crippen LogP contribution in [0.5, 0.6) is 0 Å². The van der Waals surface area contributed by atoms with E-state index in [9.17, 15) is 18.0 Å². The molecular weight excluding hydrogens is 395 g/mol. The van der Waals surface area contributed by atoms with Crippen molar-refractivity contribution in [2.45, 2.75) is 37.8 Å². The number of carbonyl (C=O) groups is 1. The normalized spacial score (nSPS) is 19.7. The van der Waals surface area contributed by atoms with E-state index in [1.807, 2.05) is 0 Å². The lowest BCUT2D eigenvalue weighted by atomic mass is 9.99. The topological polar surface area (TPSA) is 45.2 Å². The van der Waals surface area contributed by atoms with E-state index in [-0.39, 0.29) is 30.1 Å². The van der Waals surface area contributed by atoms with Crippen LogP contribution in [0.3, 0.4) is 0 Å². The Bertz CT molecular complexity index is 532. The Morgan fingerprint density at radius 2 is 1.87 bits per heavy atom. The van der Waals surface area contributed by atoms with Gasteiger partial charge in [-0.3, -0.25) is 4.79 Å². The lowest BCUT2D eigenvalue weighted by Crippen LogP contribution is -2.42. The van der Waals surface area contributed by atoms with Crippen LogP contribution >= 0.6 is 28.3 Å². The molecule has 1 aromatic heterocycles. The van der Waals surface area contributed by atoms with Gasteiger partial charge in [-0.05, 0) is 25.9 Å². The van der Waals surface area contributed by atoms with Crippen LogP contribution < -0.4 is 5.32 Å². The summed E-state index contributed by atoms with van der Waals surface area (Å²) in [7, 11) is 0. The van der Waals surface area contributed by atoms with Crippen molar-refractivity contribution in [2.24, 2.45) is 0 Å². The summed E-state index contributed by atoms with van der Waals surface area (Å²) in [6.07, 6.45) is -1.78. The van der Waals surface area contributed by atoms with E-state index in [0.717, 1.165) is 46.4 Å². The maximum absolute atomic E-state index is 12.5. The Balaban J connectivity index is 0.00000192. The van der Waals surface area contributed by atoms with Crippen molar-refractivity contribution in [1.82, 2.24) is 15.2 Å². The number of halogens is 4. The number of alkyl halides is 3. The Morgan fingerprint density at radius 1 is 1.22 bits per heavy atom. The van der Waals surface area contributed by atoms with Crippen molar-refractivity contribution in [1.29, 1.82) is 0 Å². The maximum Gasteiger partial charge on any atom is 0.471 e. The Kier molecular flexibility index (Phi) is 6.07. The molecule has 3 rings (SSSR count). The number of hydrogen-bond donors (Lipinski definition) is 1. The average molecular weight is 414 g/mol. The van der Waals surface area contributed by atoms with Crippen molar-refractivity contribution in [3.63, 3.8) is 0 Å². The van der Waals surface area contributed by atoms with Crippen LogP contribution in [0, 0.1) is 0 Å². The first-order valence-electron chi connectivity index (χ1n) is 7.50. The number of nitrogens with one attached hydrogen (secondary N) is 1. The maximum atomic E-state index is 12.5. The van der Waals surface area contributed by atoms with Crippen molar-refractivity contribution in [3.8, 4) is 0 Å². The predicted molar refractivity (Wildman–Crippen MR) is 87.3 cm³/mol. The minimum Gasteiger partial charge on any atom is -0.334 e. The molecule has 0 bridgehead atoms. The van der Waals surface area contributed by atoms with Crippen molar-refractivity contribution in [3.05, 3.63) is 15.6 Å². The second-order valence-corrected chi connectivity index (χ2v) is 6.85. The van der Waals surface area contributed by atoms with E-state index < -0.39 is 12.1 Å². The Hall–Kier alpha value is -0.670. The van der Waals surface area contributed by atoms with Crippen LogP contribution in [0.15, 0.2) is 0 Å². The standard InChI is InChI=1S/C14H18F3N3OS.BrH/c15-14(16,17)13(21)20-7-3-10-11(4-8-20)22-12(19-10)9-1-5-18-6-2-9;/h9,18H,1-8H2;1H. The quantitative estimate of drug-likeness (QED) is 0.769. The molecule has 0 atom stereocenters. The van der Waals surface area contributed by atoms with Crippen molar-refractivity contribution >= 4 is 34.2 Å². The van der Waals surface area contributed by atoms with Crippen LogP contribution in [0.2, 0.25) is 0 Å². The minimum atomic E-state index is -4.79. The van der Waals surface area contributed by atoms with Gasteiger partial charge in [0.15, 0.2) is 0 Å². The summed E-state index contributed by atoms with van der Waals surface area (Å²) < 4.78 is 37.6. The van der Waals surface area contributed by atoms with Gasteiger partial charge in [0.05, 0.1) is 10.7 Å². The molecule has 130 valence electrons. The van der Waals surface area contributed by atoms with E-state index in [1.165, 1.54) is 0 Å². The number of fused-ring (bicyclic) bond motifs is 1. The molecule has 1 N–H and O–H groups in total. The first-order chi connectivity index (χ1) is 10.4. The summed E-state index contributed by atoms with van der Waals surface area (Å²) in [5, 5.41) is 4.43. The zero-order valence-electron chi connectivity index (χ0n) is 12.5. The van der Waals surface area contributed by atoms with Crippen LogP contribution in [-0.2, 0) is 17.6 Å². The third-order valence-electron chi connectivity index (χ3n) is 4.24. The first kappa shape index (κ1) is 18.7. The SMILES string of the molecule is Br.O=C(N1CCc2nc(C3CCNCC3)sc2CC1)C(F)(F)F. The van der Waals surface area contributed by atoms with Gasteiger partial charge in [-0.15, -0.1) is 28.3 Å². The number of piperidine rings is 1. The molecule has 0 aromatic carbocycles. The summed E-state index contributed by atoms with van der Waals surface area (Å²) >= 11 is 1.62. The Labute approximate surface area is 147 Å². The largest absolute Gasteiger partial charge is 0.471 e. The minimum absolute atomic E-state index is 0. The third-order valence-corrected chi connectivity index (χ3v) is 5.56. The molecule has 1 aromatic rings. The third kappa shape index (κ3) is 4.24. The first-order valence-corrected chi connectivity index (χ1v) is 8.32. The second kappa shape index (κ2) is 7.48. The molecule has 4 nitrogen and oxygen atoms in total. The number of rotatable bonds is 1. The fraction of sp³-hybridized carbons (Fsp3) is 0.714. The zero-order valence-corrected chi connectivity index (χ0v) is 15.0. The number of hydrogen-bond acceptors (Lipinski definition) is 4. The van der Waals surface area contributed by atoms with E-state index in [2.05, 4.69) is 10.3 Å². The molecule has 1 saturated heterocycles. The molecule has 0 radical (unpaired) electrons. The average Bonchev–Trinajstić information content (AvgIpc) is 2.80. The van der Waals surface area contributed by atoms with Gasteiger partial charge in [-0.25, -0.2) is 4.98 Å².